The summed E-state index contributed by atoms with van der Waals surface area (Å²) in [7, 11) is -4.31. The van der Waals surface area contributed by atoms with Crippen molar-refractivity contribution in [1.29, 1.82) is 0 Å². The number of alkyl halides is 5. The standard InChI is InChI=1S/C16H16ClF5N4O3S/c17-12-2-1-10(9-11(12)16(20,21)22)30(28,29)25-6-4-14(27)24-5-3-13-23-7-8-26(13)15(18)19/h1-2,7-9,15,25H,3-6H2,(H,24,27). The molecule has 0 saturated carbocycles. The van der Waals surface area contributed by atoms with Crippen LogP contribution in [-0.2, 0) is 27.4 Å². The zero-order valence-corrected chi connectivity index (χ0v) is 16.7. The third-order valence-electron chi connectivity index (χ3n) is 3.83. The summed E-state index contributed by atoms with van der Waals surface area (Å²) < 4.78 is 90.9. The van der Waals surface area contributed by atoms with Gasteiger partial charge in [-0.05, 0) is 18.2 Å². The Morgan fingerprint density at radius 3 is 2.57 bits per heavy atom. The monoisotopic (exact) mass is 474 g/mol. The summed E-state index contributed by atoms with van der Waals surface area (Å²) in [5.41, 5.74) is -1.30. The first-order valence-electron chi connectivity index (χ1n) is 8.35. The number of hydrogen-bond donors (Lipinski definition) is 2. The van der Waals surface area contributed by atoms with E-state index in [1.54, 1.807) is 0 Å². The van der Waals surface area contributed by atoms with Gasteiger partial charge in [0.2, 0.25) is 15.9 Å². The topological polar surface area (TPSA) is 93.1 Å². The number of sulfonamides is 1. The lowest BCUT2D eigenvalue weighted by atomic mass is 10.2. The van der Waals surface area contributed by atoms with Gasteiger partial charge in [0.05, 0.1) is 15.5 Å². The molecule has 1 heterocycles. The summed E-state index contributed by atoms with van der Waals surface area (Å²) >= 11 is 5.45. The van der Waals surface area contributed by atoms with E-state index in [9.17, 15) is 35.2 Å². The molecule has 7 nitrogen and oxygen atoms in total. The van der Waals surface area contributed by atoms with Crippen LogP contribution >= 0.6 is 11.6 Å². The fourth-order valence-electron chi connectivity index (χ4n) is 2.39. The maximum atomic E-state index is 12.9. The number of nitrogens with zero attached hydrogens (tertiary/aromatic N) is 2. The van der Waals surface area contributed by atoms with Crippen LogP contribution in [0.3, 0.4) is 0 Å². The molecule has 0 fully saturated rings. The molecule has 30 heavy (non-hydrogen) atoms. The second kappa shape index (κ2) is 9.71. The molecular formula is C16H16ClF5N4O3S. The van der Waals surface area contributed by atoms with Crippen molar-refractivity contribution in [1.82, 2.24) is 19.6 Å². The van der Waals surface area contributed by atoms with E-state index >= 15 is 0 Å². The van der Waals surface area contributed by atoms with Crippen molar-refractivity contribution in [3.63, 3.8) is 0 Å². The van der Waals surface area contributed by atoms with E-state index in [2.05, 4.69) is 10.3 Å². The SMILES string of the molecule is O=C(CCNS(=O)(=O)c1ccc(Cl)c(C(F)(F)F)c1)NCCc1nccn1C(F)F. The summed E-state index contributed by atoms with van der Waals surface area (Å²) in [6.45, 7) is -3.16. The van der Waals surface area contributed by atoms with Crippen LogP contribution in [0.4, 0.5) is 22.0 Å². The average molecular weight is 475 g/mol. The van der Waals surface area contributed by atoms with Gasteiger partial charge in [-0.15, -0.1) is 0 Å². The highest BCUT2D eigenvalue weighted by molar-refractivity contribution is 7.89. The smallest absolute Gasteiger partial charge is 0.356 e. The summed E-state index contributed by atoms with van der Waals surface area (Å²) in [5.74, 6) is -0.519. The number of benzene rings is 1. The summed E-state index contributed by atoms with van der Waals surface area (Å²) in [4.78, 5) is 14.8. The third-order valence-corrected chi connectivity index (χ3v) is 5.62. The molecule has 14 heteroatoms. The minimum absolute atomic E-state index is 0.0125. The number of aromatic nitrogens is 2. The maximum absolute atomic E-state index is 12.9. The van der Waals surface area contributed by atoms with E-state index in [1.165, 1.54) is 6.20 Å². The van der Waals surface area contributed by atoms with Gasteiger partial charge in [-0.25, -0.2) is 18.1 Å². The normalized spacial score (nSPS) is 12.4. The molecule has 2 N–H and O–H groups in total. The first-order valence-corrected chi connectivity index (χ1v) is 10.2. The van der Waals surface area contributed by atoms with Crippen molar-refractivity contribution >= 4 is 27.5 Å². The lowest BCUT2D eigenvalue weighted by Crippen LogP contribution is -2.32. The molecule has 0 aliphatic rings. The van der Waals surface area contributed by atoms with Gasteiger partial charge in [-0.3, -0.25) is 9.36 Å². The minimum atomic E-state index is -4.83. The Kier molecular flexibility index (Phi) is 7.77. The Morgan fingerprint density at radius 2 is 1.93 bits per heavy atom. The fourth-order valence-corrected chi connectivity index (χ4v) is 3.67. The minimum Gasteiger partial charge on any atom is -0.356 e. The van der Waals surface area contributed by atoms with Crippen molar-refractivity contribution in [3.05, 3.63) is 47.0 Å². The molecule has 1 aromatic heterocycles. The van der Waals surface area contributed by atoms with Crippen LogP contribution in [-0.4, -0.2) is 37.0 Å². The molecule has 1 aromatic carbocycles. The van der Waals surface area contributed by atoms with E-state index in [4.69, 9.17) is 11.6 Å². The average Bonchev–Trinajstić information content (AvgIpc) is 3.09. The lowest BCUT2D eigenvalue weighted by molar-refractivity contribution is -0.137. The van der Waals surface area contributed by atoms with Gasteiger partial charge in [-0.1, -0.05) is 11.6 Å². The number of carbonyl (C=O) groups excluding carboxylic acids is 1. The number of rotatable bonds is 9. The molecule has 0 atom stereocenters. The lowest BCUT2D eigenvalue weighted by Gasteiger charge is -2.12. The van der Waals surface area contributed by atoms with E-state index in [-0.39, 0.29) is 31.8 Å². The Labute approximate surface area is 173 Å². The zero-order valence-electron chi connectivity index (χ0n) is 15.1. The van der Waals surface area contributed by atoms with Crippen LogP contribution in [0, 0.1) is 0 Å². The van der Waals surface area contributed by atoms with Crippen molar-refractivity contribution < 1.29 is 35.2 Å². The maximum Gasteiger partial charge on any atom is 0.417 e. The van der Waals surface area contributed by atoms with E-state index in [0.29, 0.717) is 10.6 Å². The van der Waals surface area contributed by atoms with Crippen molar-refractivity contribution in [3.8, 4) is 0 Å². The Balaban J connectivity index is 1.85. The fraction of sp³-hybridized carbons (Fsp3) is 0.375. The number of imidazole rings is 1. The molecule has 2 aromatic rings. The predicted molar refractivity (Wildman–Crippen MR) is 96.5 cm³/mol. The van der Waals surface area contributed by atoms with Crippen molar-refractivity contribution in [2.75, 3.05) is 13.1 Å². The summed E-state index contributed by atoms with van der Waals surface area (Å²) in [6, 6.07) is 2.12. The van der Waals surface area contributed by atoms with E-state index < -0.39 is 44.1 Å². The van der Waals surface area contributed by atoms with Crippen molar-refractivity contribution in [2.24, 2.45) is 0 Å². The van der Waals surface area contributed by atoms with Crippen LogP contribution in [0.25, 0.3) is 0 Å². The Morgan fingerprint density at radius 1 is 1.23 bits per heavy atom. The van der Waals surface area contributed by atoms with Gasteiger partial charge in [-0.2, -0.15) is 22.0 Å². The van der Waals surface area contributed by atoms with Gasteiger partial charge in [0.25, 0.3) is 0 Å². The highest BCUT2D eigenvalue weighted by Crippen LogP contribution is 2.35. The predicted octanol–water partition coefficient (Wildman–Crippen LogP) is 2.98. The molecular weight excluding hydrogens is 459 g/mol. The molecule has 0 spiro atoms. The molecule has 0 bridgehead atoms. The highest BCUT2D eigenvalue weighted by Gasteiger charge is 2.34. The van der Waals surface area contributed by atoms with Gasteiger partial charge >= 0.3 is 12.7 Å². The molecule has 0 aliphatic carbocycles. The van der Waals surface area contributed by atoms with Gasteiger partial charge in [0, 0.05) is 38.3 Å². The van der Waals surface area contributed by atoms with E-state index in [1.807, 2.05) is 4.72 Å². The zero-order chi connectivity index (χ0) is 22.5. The molecule has 2 rings (SSSR count). The molecule has 0 radical (unpaired) electrons. The third kappa shape index (κ3) is 6.37. The molecule has 1 amide bonds. The second-order valence-corrected chi connectivity index (χ2v) is 8.09. The van der Waals surface area contributed by atoms with Crippen LogP contribution in [0.2, 0.25) is 5.02 Å². The largest absolute Gasteiger partial charge is 0.417 e. The number of halogens is 6. The van der Waals surface area contributed by atoms with Gasteiger partial charge in [0.15, 0.2) is 0 Å². The molecule has 0 aliphatic heterocycles. The number of carbonyl (C=O) groups is 1. The van der Waals surface area contributed by atoms with Crippen LogP contribution < -0.4 is 10.0 Å². The van der Waals surface area contributed by atoms with Gasteiger partial charge < -0.3 is 5.32 Å². The van der Waals surface area contributed by atoms with Crippen LogP contribution in [0.5, 0.6) is 0 Å². The molecule has 0 unspecified atom stereocenters. The summed E-state index contributed by atoms with van der Waals surface area (Å²) in [6.07, 6.45) is -2.83. The Hall–Kier alpha value is -2.25. The van der Waals surface area contributed by atoms with Crippen LogP contribution in [0.15, 0.2) is 35.5 Å². The van der Waals surface area contributed by atoms with Crippen molar-refractivity contribution in [2.45, 2.75) is 30.5 Å². The molecule has 166 valence electrons. The first kappa shape index (κ1) is 24.0. The quantitative estimate of drug-likeness (QED) is 0.546. The second-order valence-electron chi connectivity index (χ2n) is 5.92. The Bertz CT molecular complexity index is 995. The van der Waals surface area contributed by atoms with Crippen LogP contribution in [0.1, 0.15) is 24.4 Å². The highest BCUT2D eigenvalue weighted by atomic mass is 35.5. The van der Waals surface area contributed by atoms with Gasteiger partial charge in [0.1, 0.15) is 5.82 Å². The summed E-state index contributed by atoms with van der Waals surface area (Å²) in [5, 5.41) is 1.77. The van der Waals surface area contributed by atoms with E-state index in [0.717, 1.165) is 18.3 Å². The number of amides is 1. The number of hydrogen-bond acceptors (Lipinski definition) is 4. The first-order chi connectivity index (χ1) is 13.9. The number of nitrogens with one attached hydrogen (secondary N) is 2. The molecule has 0 saturated heterocycles.